The molecule has 1 saturated heterocycles. The van der Waals surface area contributed by atoms with Crippen LogP contribution in [-0.2, 0) is 0 Å². The van der Waals surface area contributed by atoms with E-state index in [0.717, 1.165) is 59.6 Å². The van der Waals surface area contributed by atoms with Gasteiger partial charge in [0.2, 0.25) is 0 Å². The van der Waals surface area contributed by atoms with Gasteiger partial charge in [-0.3, -0.25) is 9.69 Å². The molecule has 8 heteroatoms. The second kappa shape index (κ2) is 9.98. The van der Waals surface area contributed by atoms with Gasteiger partial charge in [0.15, 0.2) is 5.13 Å². The van der Waals surface area contributed by atoms with Crippen molar-refractivity contribution in [2.45, 2.75) is 6.92 Å². The minimum Gasteiger partial charge on any atom is -0.497 e. The molecule has 4 rings (SSSR count). The van der Waals surface area contributed by atoms with E-state index in [-0.39, 0.29) is 5.91 Å². The van der Waals surface area contributed by atoms with E-state index in [1.54, 1.807) is 30.6 Å². The fraction of sp³-hybridized carbons (Fsp3) is 0.391. The maximum Gasteiger partial charge on any atom is 0.251 e. The van der Waals surface area contributed by atoms with Crippen LogP contribution in [0.25, 0.3) is 10.2 Å². The first kappa shape index (κ1) is 21.4. The Morgan fingerprint density at radius 1 is 1.10 bits per heavy atom. The van der Waals surface area contributed by atoms with Crippen LogP contribution >= 0.6 is 11.3 Å². The maximum atomic E-state index is 12.3. The zero-order chi connectivity index (χ0) is 21.6. The van der Waals surface area contributed by atoms with Crippen molar-refractivity contribution in [3.63, 3.8) is 0 Å². The van der Waals surface area contributed by atoms with Crippen molar-refractivity contribution in [3.8, 4) is 11.5 Å². The van der Waals surface area contributed by atoms with Gasteiger partial charge in [-0.05, 0) is 49.4 Å². The number of aromatic nitrogens is 1. The summed E-state index contributed by atoms with van der Waals surface area (Å²) in [6.07, 6.45) is 0. The Labute approximate surface area is 186 Å². The molecule has 0 aliphatic carbocycles. The quantitative estimate of drug-likeness (QED) is 0.580. The number of thiazole rings is 1. The predicted octanol–water partition coefficient (Wildman–Crippen LogP) is 3.26. The molecule has 164 valence electrons. The van der Waals surface area contributed by atoms with Crippen molar-refractivity contribution in [1.82, 2.24) is 15.2 Å². The molecule has 1 N–H and O–H groups in total. The van der Waals surface area contributed by atoms with Crippen LogP contribution in [0.3, 0.4) is 0 Å². The Hall–Kier alpha value is -2.84. The third-order valence-corrected chi connectivity index (χ3v) is 6.45. The van der Waals surface area contributed by atoms with E-state index in [0.29, 0.717) is 18.7 Å². The van der Waals surface area contributed by atoms with Crippen molar-refractivity contribution in [2.24, 2.45) is 0 Å². The number of ether oxygens (including phenoxy) is 2. The van der Waals surface area contributed by atoms with E-state index in [9.17, 15) is 4.79 Å². The zero-order valence-corrected chi connectivity index (χ0v) is 18.8. The van der Waals surface area contributed by atoms with Crippen LogP contribution in [0.4, 0.5) is 5.13 Å². The highest BCUT2D eigenvalue weighted by Crippen LogP contribution is 2.31. The summed E-state index contributed by atoms with van der Waals surface area (Å²) < 4.78 is 11.9. The average molecular weight is 441 g/mol. The van der Waals surface area contributed by atoms with Crippen molar-refractivity contribution >= 4 is 32.6 Å². The highest BCUT2D eigenvalue weighted by molar-refractivity contribution is 7.22. The molecule has 2 heterocycles. The molecule has 0 atom stereocenters. The molecular weight excluding hydrogens is 412 g/mol. The van der Waals surface area contributed by atoms with E-state index in [2.05, 4.69) is 15.1 Å². The third kappa shape index (κ3) is 5.26. The van der Waals surface area contributed by atoms with Gasteiger partial charge >= 0.3 is 0 Å². The summed E-state index contributed by atoms with van der Waals surface area (Å²) in [4.78, 5) is 21.8. The summed E-state index contributed by atoms with van der Waals surface area (Å²) in [7, 11) is 1.68. The maximum absolute atomic E-state index is 12.3. The van der Waals surface area contributed by atoms with Gasteiger partial charge in [0.05, 0.1) is 23.9 Å². The summed E-state index contributed by atoms with van der Waals surface area (Å²) in [5, 5.41) is 4.07. The van der Waals surface area contributed by atoms with E-state index in [4.69, 9.17) is 14.5 Å². The number of carbonyl (C=O) groups excluding carboxylic acids is 1. The molecule has 0 unspecified atom stereocenters. The molecular formula is C23H28N4O3S. The normalized spacial score (nSPS) is 14.6. The first-order chi connectivity index (χ1) is 15.2. The van der Waals surface area contributed by atoms with Crippen molar-refractivity contribution in [2.75, 3.05) is 57.9 Å². The minimum absolute atomic E-state index is 0.0495. The molecule has 0 spiro atoms. The molecule has 1 aliphatic rings. The lowest BCUT2D eigenvalue weighted by molar-refractivity contribution is 0.0947. The second-order valence-electron chi connectivity index (χ2n) is 7.37. The van der Waals surface area contributed by atoms with E-state index in [1.807, 2.05) is 37.3 Å². The first-order valence-corrected chi connectivity index (χ1v) is 11.4. The van der Waals surface area contributed by atoms with Crippen LogP contribution in [0.15, 0.2) is 42.5 Å². The number of methoxy groups -OCH3 is 1. The SMILES string of the molecule is CCOc1ccc(C(=O)NCCN2CCN(c3nc4ccc(OC)cc4s3)CC2)cc1. The molecule has 0 bridgehead atoms. The summed E-state index contributed by atoms with van der Waals surface area (Å²) in [6.45, 7) is 7.81. The average Bonchev–Trinajstić information content (AvgIpc) is 3.23. The fourth-order valence-electron chi connectivity index (χ4n) is 3.62. The number of rotatable bonds is 8. The molecule has 31 heavy (non-hydrogen) atoms. The lowest BCUT2D eigenvalue weighted by atomic mass is 10.2. The van der Waals surface area contributed by atoms with Gasteiger partial charge in [-0.15, -0.1) is 0 Å². The van der Waals surface area contributed by atoms with Crippen molar-refractivity contribution in [3.05, 3.63) is 48.0 Å². The van der Waals surface area contributed by atoms with Crippen LogP contribution in [-0.4, -0.2) is 68.8 Å². The fourth-order valence-corrected chi connectivity index (χ4v) is 4.66. The number of benzene rings is 2. The van der Waals surface area contributed by atoms with Gasteiger partial charge in [0.1, 0.15) is 11.5 Å². The lowest BCUT2D eigenvalue weighted by Gasteiger charge is -2.34. The Balaban J connectivity index is 1.22. The third-order valence-electron chi connectivity index (χ3n) is 5.37. The monoisotopic (exact) mass is 440 g/mol. The second-order valence-corrected chi connectivity index (χ2v) is 8.38. The zero-order valence-electron chi connectivity index (χ0n) is 18.0. The molecule has 7 nitrogen and oxygen atoms in total. The van der Waals surface area contributed by atoms with Crippen LogP contribution in [0, 0.1) is 0 Å². The summed E-state index contributed by atoms with van der Waals surface area (Å²) in [6, 6.07) is 13.3. The highest BCUT2D eigenvalue weighted by Gasteiger charge is 2.20. The molecule has 1 aliphatic heterocycles. The Morgan fingerprint density at radius 3 is 2.55 bits per heavy atom. The number of hydrogen-bond acceptors (Lipinski definition) is 7. The molecule has 1 fully saturated rings. The summed E-state index contributed by atoms with van der Waals surface area (Å²) in [5.74, 6) is 1.59. The van der Waals surface area contributed by atoms with Gasteiger partial charge in [-0.1, -0.05) is 11.3 Å². The molecule has 0 saturated carbocycles. The highest BCUT2D eigenvalue weighted by atomic mass is 32.1. The Bertz CT molecular complexity index is 1010. The van der Waals surface area contributed by atoms with Gasteiger partial charge in [-0.2, -0.15) is 0 Å². The number of anilines is 1. The van der Waals surface area contributed by atoms with Crippen molar-refractivity contribution in [1.29, 1.82) is 0 Å². The smallest absolute Gasteiger partial charge is 0.251 e. The van der Waals surface area contributed by atoms with Gasteiger partial charge in [0.25, 0.3) is 5.91 Å². The summed E-state index contributed by atoms with van der Waals surface area (Å²) in [5.41, 5.74) is 1.67. The number of amides is 1. The Kier molecular flexibility index (Phi) is 6.89. The van der Waals surface area contributed by atoms with E-state index >= 15 is 0 Å². The van der Waals surface area contributed by atoms with Gasteiger partial charge in [0, 0.05) is 44.8 Å². The van der Waals surface area contributed by atoms with Crippen LogP contribution in [0.1, 0.15) is 17.3 Å². The molecule has 2 aromatic carbocycles. The molecule has 0 radical (unpaired) electrons. The topological polar surface area (TPSA) is 66.9 Å². The molecule has 3 aromatic rings. The molecule has 1 amide bonds. The summed E-state index contributed by atoms with van der Waals surface area (Å²) >= 11 is 1.71. The molecule has 1 aromatic heterocycles. The number of carbonyl (C=O) groups is 1. The van der Waals surface area contributed by atoms with Crippen LogP contribution in [0.5, 0.6) is 11.5 Å². The van der Waals surface area contributed by atoms with Crippen LogP contribution < -0.4 is 19.7 Å². The number of piperazine rings is 1. The number of nitrogens with one attached hydrogen (secondary N) is 1. The van der Waals surface area contributed by atoms with Gasteiger partial charge in [-0.25, -0.2) is 4.98 Å². The number of hydrogen-bond donors (Lipinski definition) is 1. The van der Waals surface area contributed by atoms with Gasteiger partial charge < -0.3 is 19.7 Å². The lowest BCUT2D eigenvalue weighted by Crippen LogP contribution is -2.48. The predicted molar refractivity (Wildman–Crippen MR) is 125 cm³/mol. The van der Waals surface area contributed by atoms with E-state index < -0.39 is 0 Å². The Morgan fingerprint density at radius 2 is 1.84 bits per heavy atom. The van der Waals surface area contributed by atoms with E-state index in [1.165, 1.54) is 0 Å². The number of fused-ring (bicyclic) bond motifs is 1. The van der Waals surface area contributed by atoms with Crippen LogP contribution in [0.2, 0.25) is 0 Å². The number of nitrogens with zero attached hydrogens (tertiary/aromatic N) is 3. The standard InChI is InChI=1S/C23H28N4O3S/c1-3-30-18-6-4-17(5-7-18)22(28)24-10-11-26-12-14-27(15-13-26)23-25-20-9-8-19(29-2)16-21(20)31-23/h4-9,16H,3,10-15H2,1-2H3,(H,24,28). The first-order valence-electron chi connectivity index (χ1n) is 10.6. The largest absolute Gasteiger partial charge is 0.497 e. The van der Waals surface area contributed by atoms with Crippen molar-refractivity contribution < 1.29 is 14.3 Å². The minimum atomic E-state index is -0.0495.